The zero-order valence-electron chi connectivity index (χ0n) is 47.8. The molecule has 0 aromatic carbocycles. The SMILES string of the molecule is C[SiH](O[Si][Si](=O)[Si](=O)[Si](=O)[Si](=O)[Si](=O)[Si](=O)[Si](=O)[Si](=O)[Si](=O)[Si](=O)[Si](=O)[Si](=O)[Si](=O)[Si](=O)[Si](=O)[Si](=O)[Si](=O)[Si](=O)[Si](=O)[Si](=O)[Si](=O)[Si](=O)[Si](=O)[Si](=O)[Si](=O)[Si](C)(C)O[Si](C)(C)C)[Si](=O)[Si](=O)[Si](=O)[Si](=O)[Si](=O)[Si](=O)[Si](=O)[Si](=O)[Si](=O)[Si](=O)[Si](=O)[Si](=O)[Si](=O)[Si]O[Si](C)(C)C. The van der Waals surface area contributed by atoms with Crippen LogP contribution in [-0.2, 0) is 182 Å². The Bertz CT molecular complexity index is 4010. The van der Waals surface area contributed by atoms with Crippen LogP contribution >= 0.6 is 0 Å². The molecule has 0 rings (SSSR count). The van der Waals surface area contributed by atoms with Crippen molar-refractivity contribution in [1.29, 1.82) is 0 Å². The average molecular weight is 2030 g/mol. The second-order valence-electron chi connectivity index (χ2n) is 19.4. The summed E-state index contributed by atoms with van der Waals surface area (Å²) in [5.41, 5.74) is 0. The Labute approximate surface area is 578 Å². The number of hydrogen-bond acceptors (Lipinski definition) is 41. The van der Waals surface area contributed by atoms with E-state index in [1.807, 2.05) is 0 Å². The smallest absolute Gasteiger partial charge is 0.381 e. The Morgan fingerprint density at radius 1 is 0.223 bits per heavy atom. The van der Waals surface area contributed by atoms with E-state index in [0.717, 1.165) is 6.55 Å². The lowest BCUT2D eigenvalue weighted by Gasteiger charge is -2.28. The first-order chi connectivity index (χ1) is 42.4. The molecule has 85 heteroatoms. The van der Waals surface area contributed by atoms with Crippen LogP contribution in [0.2, 0.25) is 58.9 Å². The van der Waals surface area contributed by atoms with Gasteiger partial charge in [-0.2, -0.15) is 0 Å². The van der Waals surface area contributed by atoms with Gasteiger partial charge in [0.15, 0.2) is 16.6 Å². The van der Waals surface area contributed by atoms with E-state index >= 15 is 0 Å². The quantitative estimate of drug-likeness (QED) is 0.0511. The van der Waals surface area contributed by atoms with Gasteiger partial charge in [-0.25, -0.2) is 0 Å². The van der Waals surface area contributed by atoms with Crippen LogP contribution in [0.1, 0.15) is 0 Å². The van der Waals surface area contributed by atoms with E-state index in [0.29, 0.717) is 0 Å². The second-order valence-corrected chi connectivity index (χ2v) is 229. The van der Waals surface area contributed by atoms with Gasteiger partial charge in [-0.3, -0.25) is 0 Å². The van der Waals surface area contributed by atoms with E-state index in [1.54, 1.807) is 39.3 Å². The molecule has 0 amide bonds. The van der Waals surface area contributed by atoms with E-state index in [9.17, 15) is 170 Å². The summed E-state index contributed by atoms with van der Waals surface area (Å²) in [4.78, 5) is 0. The molecule has 0 aliphatic carbocycles. The summed E-state index contributed by atoms with van der Waals surface area (Å²) in [6, 6.07) is 0. The van der Waals surface area contributed by atoms with Crippen LogP contribution < -0.4 is 0 Å². The number of hydrogen-bond donors (Lipinski definition) is 0. The van der Waals surface area contributed by atoms with Crippen LogP contribution in [0, 0.1) is 0 Å². The minimum atomic E-state index is -4.77. The first-order valence-electron chi connectivity index (χ1n) is 23.6. The zero-order valence-corrected chi connectivity index (χ0v) is 92.0. The Morgan fingerprint density at radius 3 is 0.585 bits per heavy atom. The summed E-state index contributed by atoms with van der Waals surface area (Å²) in [5, 5.41) is 0. The monoisotopic (exact) mass is 2020 g/mol. The summed E-state index contributed by atoms with van der Waals surface area (Å²) in [6.07, 6.45) is 0. The minimum absolute atomic E-state index is 0.877. The summed E-state index contributed by atoms with van der Waals surface area (Å²) < 4.78 is 503. The normalized spacial score (nSPS) is 11.1. The van der Waals surface area contributed by atoms with Gasteiger partial charge >= 0.3 is 293 Å². The standard InChI is InChI=1S/C9H28O41Si44/c1-53(56(12)59(15)62(18)65(21)68(24)71(27)72(28)70(26)67(23)64(20)61(17)58(14)55(11)52-49-92(2,3)4)48-51-54(10)57(13)60(16)63(19)66(22)69(25)73(29)74(30)75(31)76(32)77(33)78(34)79(35)80(36)81(37)82(38)83(39)84(40)85(41)86(42)87(43)88(44)89(45)90(46)91(47)94(8,9)50-93(5,6)7/h53H,1-9H3. The molecule has 0 N–H and O–H groups in total. The fourth-order valence-corrected chi connectivity index (χ4v) is 480. The molecule has 0 aliphatic heterocycles. The Morgan fingerprint density at radius 2 is 0.394 bits per heavy atom. The van der Waals surface area contributed by atoms with Crippen LogP contribution in [0.4, 0.5) is 0 Å². The molecule has 0 saturated heterocycles. The third-order valence-corrected chi connectivity index (χ3v) is 331. The molecule has 0 saturated carbocycles. The summed E-state index contributed by atoms with van der Waals surface area (Å²) in [5.74, 6) is 0. The molecule has 0 heterocycles. The zero-order chi connectivity index (χ0) is 74.6. The molecule has 94 heavy (non-hydrogen) atoms. The van der Waals surface area contributed by atoms with Gasteiger partial charge in [0, 0.05) is 0 Å². The lowest BCUT2D eigenvalue weighted by Crippen LogP contribution is -2.59. The third kappa shape index (κ3) is 27.1. The first kappa shape index (κ1) is 95.8. The van der Waals surface area contributed by atoms with Crippen molar-refractivity contribution in [2.75, 3.05) is 0 Å². The van der Waals surface area contributed by atoms with Gasteiger partial charge in [0.2, 0.25) is 16.4 Å². The Balaban J connectivity index is 5.82. The lowest BCUT2D eigenvalue weighted by molar-refractivity contribution is 0.530. The van der Waals surface area contributed by atoms with Crippen LogP contribution in [0.15, 0.2) is 0 Å². The van der Waals surface area contributed by atoms with E-state index in [1.165, 1.54) is 13.1 Å². The van der Waals surface area contributed by atoms with E-state index in [-0.39, 0.29) is 0 Å². The highest BCUT2D eigenvalue weighted by atomic mass is 30.1. The van der Waals surface area contributed by atoms with Crippen molar-refractivity contribution in [3.05, 3.63) is 0 Å². The van der Waals surface area contributed by atoms with Crippen LogP contribution in [0.5, 0.6) is 0 Å². The molecular formula is C9H28O41Si44. The van der Waals surface area contributed by atoms with E-state index in [2.05, 4.69) is 0 Å². The van der Waals surface area contributed by atoms with Gasteiger partial charge in [-0.15, -0.1) is 0 Å². The highest BCUT2D eigenvalue weighted by Crippen LogP contribution is 2.14. The van der Waals surface area contributed by atoms with Crippen molar-refractivity contribution in [3.63, 3.8) is 0 Å². The minimum Gasteiger partial charge on any atom is -0.454 e. The van der Waals surface area contributed by atoms with Crippen molar-refractivity contribution in [3.8, 4) is 0 Å². The summed E-state index contributed by atoms with van der Waals surface area (Å²) >= 11 is 0. The lowest BCUT2D eigenvalue weighted by atomic mass is 11.8. The molecule has 1 unspecified atom stereocenters. The molecule has 0 fully saturated rings. The van der Waals surface area contributed by atoms with Gasteiger partial charge in [-0.05, 0) is 58.9 Å². The topological polar surface area (TPSA) is 676 Å². The predicted octanol–water partition coefficient (Wildman–Crippen LogP) is -16.5. The van der Waals surface area contributed by atoms with Gasteiger partial charge in [0.05, 0.1) is 0 Å². The molecule has 41 nitrogen and oxygen atoms in total. The first-order valence-corrected chi connectivity index (χ1v) is 131. The second kappa shape index (κ2) is 41.5. The maximum absolute atomic E-state index is 13.0. The third-order valence-electron chi connectivity index (χ3n) is 9.70. The van der Waals surface area contributed by atoms with Crippen LogP contribution in [0.25, 0.3) is 0 Å². The highest BCUT2D eigenvalue weighted by Gasteiger charge is 2.60. The molecule has 1 atom stereocenters. The summed E-state index contributed by atoms with van der Waals surface area (Å²) in [7, 11) is -181. The van der Waals surface area contributed by atoms with E-state index in [4.69, 9.17) is 12.3 Å². The van der Waals surface area contributed by atoms with Crippen molar-refractivity contribution in [1.82, 2.24) is 0 Å². The fraction of sp³-hybridized carbons (Fsp3) is 1.00. The number of rotatable bonds is 46. The van der Waals surface area contributed by atoms with Crippen LogP contribution in [0.3, 0.4) is 0 Å². The van der Waals surface area contributed by atoms with Crippen molar-refractivity contribution in [2.24, 2.45) is 0 Å². The van der Waals surface area contributed by atoms with Gasteiger partial charge in [-0.1, -0.05) is 0 Å². The highest BCUT2D eigenvalue weighted by molar-refractivity contribution is 7.85. The maximum Gasteiger partial charge on any atom is 0.381 e. The molecule has 0 bridgehead atoms. The van der Waals surface area contributed by atoms with Crippen LogP contribution in [-0.4, -0.2) is 345 Å². The summed E-state index contributed by atoms with van der Waals surface area (Å²) in [6.45, 7) is 13.5. The molecule has 0 aromatic rings. The molecular weight excluding hydrogens is 2000 g/mol. The average Bonchev–Trinajstić information content (AvgIpc) is 0.851. The van der Waals surface area contributed by atoms with Crippen molar-refractivity contribution < 1.29 is 182 Å². The fourth-order valence-electron chi connectivity index (χ4n) is 5.27. The predicted molar refractivity (Wildman–Crippen MR) is 337 cm³/mol. The molecule has 486 valence electrons. The molecule has 0 aliphatic rings. The maximum atomic E-state index is 13.0. The Hall–Kier alpha value is 1.82. The molecule has 0 spiro atoms. The Kier molecular flexibility index (Phi) is 42.3. The molecule has 0 aromatic heterocycles. The molecule has 4 radical (unpaired) electrons. The van der Waals surface area contributed by atoms with Gasteiger partial charge in [0.1, 0.15) is 0 Å². The van der Waals surface area contributed by atoms with Crippen molar-refractivity contribution in [2.45, 2.75) is 58.9 Å². The van der Waals surface area contributed by atoms with Gasteiger partial charge < -0.3 is 182 Å². The van der Waals surface area contributed by atoms with Gasteiger partial charge in [0.25, 0.3) is 18.6 Å². The van der Waals surface area contributed by atoms with E-state index < -0.39 is 345 Å². The largest absolute Gasteiger partial charge is 0.454 e. The van der Waals surface area contributed by atoms with Crippen molar-refractivity contribution >= 4 is 345 Å².